The summed E-state index contributed by atoms with van der Waals surface area (Å²) in [6.45, 7) is 0. The lowest BCUT2D eigenvalue weighted by Crippen LogP contribution is -2.16. The van der Waals surface area contributed by atoms with Crippen molar-refractivity contribution in [1.29, 1.82) is 5.26 Å². The molecule has 0 atom stereocenters. The molecule has 3 N–H and O–H groups in total. The average Bonchev–Trinajstić information content (AvgIpc) is 2.41. The zero-order chi connectivity index (χ0) is 15.6. The molecule has 0 aliphatic heterocycles. The first kappa shape index (κ1) is 15.1. The second-order valence-corrected chi connectivity index (χ2v) is 6.15. The van der Waals surface area contributed by atoms with Crippen molar-refractivity contribution < 1.29 is 12.8 Å². The monoisotopic (exact) mass is 325 g/mol. The minimum absolute atomic E-state index is 0.0903. The van der Waals surface area contributed by atoms with Crippen LogP contribution < -0.4 is 10.5 Å². The molecular weight excluding hydrogens is 317 g/mol. The highest BCUT2D eigenvalue weighted by Gasteiger charge is 2.22. The minimum Gasteiger partial charge on any atom is -0.397 e. The van der Waals surface area contributed by atoms with Crippen molar-refractivity contribution in [1.82, 2.24) is 0 Å². The number of hydrogen-bond donors (Lipinski definition) is 2. The molecule has 0 unspecified atom stereocenters. The Morgan fingerprint density at radius 3 is 2.62 bits per heavy atom. The van der Waals surface area contributed by atoms with E-state index in [9.17, 15) is 12.8 Å². The Hall–Kier alpha value is -2.30. The highest BCUT2D eigenvalue weighted by Crippen LogP contribution is 2.26. The smallest absolute Gasteiger partial charge is 0.263 e. The van der Waals surface area contributed by atoms with E-state index >= 15 is 0 Å². The Kier molecular flexibility index (Phi) is 4.02. The molecule has 0 heterocycles. The molecule has 21 heavy (non-hydrogen) atoms. The number of nitrogens with two attached hydrogens (primary N) is 1. The zero-order valence-corrected chi connectivity index (χ0v) is 12.0. The fourth-order valence-electron chi connectivity index (χ4n) is 1.66. The molecule has 0 saturated carbocycles. The van der Waals surface area contributed by atoms with E-state index in [2.05, 4.69) is 4.72 Å². The number of sulfonamides is 1. The summed E-state index contributed by atoms with van der Waals surface area (Å²) in [4.78, 5) is -0.459. The SMILES string of the molecule is N#Cc1c(F)cccc1S(=O)(=O)Nc1ccc(Cl)cc1N. The summed E-state index contributed by atoms with van der Waals surface area (Å²) in [5.74, 6) is -0.913. The first-order valence-electron chi connectivity index (χ1n) is 5.61. The number of halogens is 2. The molecule has 0 aliphatic rings. The van der Waals surface area contributed by atoms with Crippen LogP contribution in [0, 0.1) is 17.1 Å². The lowest BCUT2D eigenvalue weighted by molar-refractivity contribution is 0.593. The maximum Gasteiger partial charge on any atom is 0.263 e. The number of nitrogens with zero attached hydrogens (tertiary/aromatic N) is 1. The second-order valence-electron chi connectivity index (χ2n) is 4.06. The predicted octanol–water partition coefficient (Wildman–Crippen LogP) is 2.73. The third-order valence-electron chi connectivity index (χ3n) is 2.63. The van der Waals surface area contributed by atoms with Gasteiger partial charge >= 0.3 is 0 Å². The second kappa shape index (κ2) is 5.60. The van der Waals surface area contributed by atoms with Gasteiger partial charge in [-0.25, -0.2) is 12.8 Å². The number of rotatable bonds is 3. The summed E-state index contributed by atoms with van der Waals surface area (Å²) >= 11 is 5.72. The summed E-state index contributed by atoms with van der Waals surface area (Å²) in [6.07, 6.45) is 0. The molecule has 0 aromatic heterocycles. The van der Waals surface area contributed by atoms with Gasteiger partial charge in [-0.05, 0) is 30.3 Å². The van der Waals surface area contributed by atoms with Gasteiger partial charge in [0.05, 0.1) is 11.4 Å². The molecular formula is C13H9ClFN3O2S. The Bertz CT molecular complexity index is 847. The quantitative estimate of drug-likeness (QED) is 0.848. The van der Waals surface area contributed by atoms with Gasteiger partial charge in [-0.1, -0.05) is 17.7 Å². The van der Waals surface area contributed by atoms with Crippen molar-refractivity contribution in [2.24, 2.45) is 0 Å². The third-order valence-corrected chi connectivity index (χ3v) is 4.28. The van der Waals surface area contributed by atoms with E-state index in [1.54, 1.807) is 0 Å². The van der Waals surface area contributed by atoms with E-state index in [1.165, 1.54) is 30.3 Å². The van der Waals surface area contributed by atoms with Crippen LogP contribution in [0.2, 0.25) is 5.02 Å². The van der Waals surface area contributed by atoms with E-state index in [0.717, 1.165) is 12.1 Å². The normalized spacial score (nSPS) is 10.9. The highest BCUT2D eigenvalue weighted by molar-refractivity contribution is 7.92. The Labute approximate surface area is 125 Å². The molecule has 2 aromatic carbocycles. The molecule has 2 aromatic rings. The maximum absolute atomic E-state index is 13.5. The minimum atomic E-state index is -4.15. The van der Waals surface area contributed by atoms with Gasteiger partial charge in [-0.15, -0.1) is 0 Å². The summed E-state index contributed by atoms with van der Waals surface area (Å²) in [6, 6.07) is 9.08. The van der Waals surface area contributed by atoms with Gasteiger partial charge in [-0.3, -0.25) is 4.72 Å². The van der Waals surface area contributed by atoms with E-state index in [-0.39, 0.29) is 11.4 Å². The van der Waals surface area contributed by atoms with Crippen LogP contribution in [0.3, 0.4) is 0 Å². The van der Waals surface area contributed by atoms with Gasteiger partial charge in [0.2, 0.25) is 0 Å². The molecule has 0 fully saturated rings. The Morgan fingerprint density at radius 2 is 2.00 bits per heavy atom. The van der Waals surface area contributed by atoms with Gasteiger partial charge in [0, 0.05) is 5.02 Å². The van der Waals surface area contributed by atoms with Crippen molar-refractivity contribution in [3.05, 3.63) is 52.8 Å². The topological polar surface area (TPSA) is 96.0 Å². The first-order chi connectivity index (χ1) is 9.85. The van der Waals surface area contributed by atoms with Crippen molar-refractivity contribution in [3.8, 4) is 6.07 Å². The highest BCUT2D eigenvalue weighted by atomic mass is 35.5. The van der Waals surface area contributed by atoms with E-state index in [1.807, 2.05) is 0 Å². The number of anilines is 2. The summed E-state index contributed by atoms with van der Waals surface area (Å²) in [7, 11) is -4.15. The number of benzene rings is 2. The maximum atomic E-state index is 13.5. The zero-order valence-electron chi connectivity index (χ0n) is 10.5. The summed E-state index contributed by atoms with van der Waals surface area (Å²) < 4.78 is 40.2. The molecule has 108 valence electrons. The average molecular weight is 326 g/mol. The van der Waals surface area contributed by atoms with Crippen LogP contribution in [0.1, 0.15) is 5.56 Å². The molecule has 2 rings (SSSR count). The first-order valence-corrected chi connectivity index (χ1v) is 7.48. The van der Waals surface area contributed by atoms with Crippen LogP contribution >= 0.6 is 11.6 Å². The van der Waals surface area contributed by atoms with Crippen LogP contribution in [0.25, 0.3) is 0 Å². The largest absolute Gasteiger partial charge is 0.397 e. The molecule has 0 radical (unpaired) electrons. The fourth-order valence-corrected chi connectivity index (χ4v) is 3.10. The van der Waals surface area contributed by atoms with Crippen LogP contribution in [0.5, 0.6) is 0 Å². The Morgan fingerprint density at radius 1 is 1.29 bits per heavy atom. The van der Waals surface area contributed by atoms with Crippen LogP contribution in [0.15, 0.2) is 41.3 Å². The van der Waals surface area contributed by atoms with Gasteiger partial charge in [0.1, 0.15) is 22.3 Å². The van der Waals surface area contributed by atoms with Gasteiger partial charge in [0.25, 0.3) is 10.0 Å². The van der Waals surface area contributed by atoms with Crippen molar-refractivity contribution in [2.75, 3.05) is 10.5 Å². The molecule has 0 saturated heterocycles. The fraction of sp³-hybridized carbons (Fsp3) is 0. The lowest BCUT2D eigenvalue weighted by atomic mass is 10.2. The van der Waals surface area contributed by atoms with E-state index < -0.39 is 26.3 Å². The van der Waals surface area contributed by atoms with Gasteiger partial charge in [-0.2, -0.15) is 5.26 Å². The number of nitriles is 1. The number of nitrogen functional groups attached to an aromatic ring is 1. The standard InChI is InChI=1S/C13H9ClFN3O2S/c14-8-4-5-12(11(17)6-8)18-21(19,20)13-3-1-2-10(15)9(13)7-16/h1-6,18H,17H2. The number of nitrogens with one attached hydrogen (secondary N) is 1. The Balaban J connectivity index is 2.49. The molecule has 0 spiro atoms. The van der Waals surface area contributed by atoms with Crippen molar-refractivity contribution in [2.45, 2.75) is 4.90 Å². The molecule has 5 nitrogen and oxygen atoms in total. The third kappa shape index (κ3) is 3.07. The molecule has 0 amide bonds. The molecule has 0 bridgehead atoms. The van der Waals surface area contributed by atoms with E-state index in [4.69, 9.17) is 22.6 Å². The van der Waals surface area contributed by atoms with Gasteiger partial charge in [0.15, 0.2) is 0 Å². The van der Waals surface area contributed by atoms with Gasteiger partial charge < -0.3 is 5.73 Å². The number of hydrogen-bond acceptors (Lipinski definition) is 4. The van der Waals surface area contributed by atoms with Crippen LogP contribution in [0.4, 0.5) is 15.8 Å². The molecule has 0 aliphatic carbocycles. The van der Waals surface area contributed by atoms with Crippen molar-refractivity contribution in [3.63, 3.8) is 0 Å². The molecule has 8 heteroatoms. The predicted molar refractivity (Wildman–Crippen MR) is 77.8 cm³/mol. The van der Waals surface area contributed by atoms with Crippen molar-refractivity contribution >= 4 is 33.0 Å². The van der Waals surface area contributed by atoms with Crippen LogP contribution in [-0.4, -0.2) is 8.42 Å². The van der Waals surface area contributed by atoms with Crippen LogP contribution in [-0.2, 0) is 10.0 Å². The summed E-state index contributed by atoms with van der Waals surface area (Å²) in [5, 5.41) is 9.24. The summed E-state index contributed by atoms with van der Waals surface area (Å²) in [5.41, 5.74) is 5.30. The van der Waals surface area contributed by atoms with E-state index in [0.29, 0.717) is 5.02 Å². The lowest BCUT2D eigenvalue weighted by Gasteiger charge is -2.11.